The van der Waals surface area contributed by atoms with Gasteiger partial charge in [-0.05, 0) is 65.9 Å². The van der Waals surface area contributed by atoms with Gasteiger partial charge in [-0.25, -0.2) is 14.0 Å². The van der Waals surface area contributed by atoms with Crippen LogP contribution in [0.4, 0.5) is 17.6 Å². The summed E-state index contributed by atoms with van der Waals surface area (Å²) < 4.78 is 65.7. The summed E-state index contributed by atoms with van der Waals surface area (Å²) in [7, 11) is 0. The van der Waals surface area contributed by atoms with Gasteiger partial charge in [-0.3, -0.25) is 0 Å². The highest BCUT2D eigenvalue weighted by atomic mass is 19.4. The first-order chi connectivity index (χ1) is 18.6. The predicted molar refractivity (Wildman–Crippen MR) is 132 cm³/mol. The maximum Gasteiger partial charge on any atom is 0.491 e. The van der Waals surface area contributed by atoms with E-state index in [2.05, 4.69) is 10.1 Å². The molecule has 1 aliphatic heterocycles. The molecule has 11 heteroatoms. The van der Waals surface area contributed by atoms with E-state index in [1.54, 1.807) is 24.3 Å². The fourth-order valence-corrected chi connectivity index (χ4v) is 3.99. The number of aliphatic hydroxyl groups is 1. The number of benzene rings is 3. The first-order valence-corrected chi connectivity index (χ1v) is 12.1. The molecule has 0 spiro atoms. The Morgan fingerprint density at radius 3 is 2.49 bits per heavy atom. The molecule has 0 fully saturated rings. The number of rotatable bonds is 9. The lowest BCUT2D eigenvalue weighted by Crippen LogP contribution is -2.39. The summed E-state index contributed by atoms with van der Waals surface area (Å²) in [6.45, 7) is 0.680. The van der Waals surface area contributed by atoms with E-state index < -0.39 is 30.0 Å². The summed E-state index contributed by atoms with van der Waals surface area (Å²) >= 11 is 0. The Labute approximate surface area is 221 Å². The molecular weight excluding hydrogens is 522 g/mol. The van der Waals surface area contributed by atoms with Crippen LogP contribution < -0.4 is 14.8 Å². The molecule has 206 valence electrons. The molecule has 0 unspecified atom stereocenters. The lowest BCUT2D eigenvalue weighted by atomic mass is 9.96. The summed E-state index contributed by atoms with van der Waals surface area (Å²) in [5.74, 6) is -3.64. The highest BCUT2D eigenvalue weighted by molar-refractivity contribution is 5.98. The third-order valence-corrected chi connectivity index (χ3v) is 5.98. The zero-order valence-corrected chi connectivity index (χ0v) is 20.5. The SMILES string of the molecule is O=C(OC(=O)C(F)(F)F)c1ccc(-c2ccc3c(c2)CC[C@H](CNC[C@H](O)COc2ccccc2F)O3)cc1. The van der Waals surface area contributed by atoms with Gasteiger partial charge >= 0.3 is 18.1 Å². The number of aryl methyl sites for hydroxylation is 1. The van der Waals surface area contributed by atoms with Crippen LogP contribution in [0.2, 0.25) is 0 Å². The van der Waals surface area contributed by atoms with Crippen LogP contribution >= 0.6 is 0 Å². The molecule has 1 heterocycles. The van der Waals surface area contributed by atoms with Crippen molar-refractivity contribution >= 4 is 11.9 Å². The number of nitrogens with one attached hydrogen (secondary N) is 1. The third kappa shape index (κ3) is 7.55. The standard InChI is InChI=1S/C28H25F4NO6/c29-23-3-1-2-4-25(23)37-16-21(34)14-33-15-22-11-9-20-13-19(10-12-24(20)38-22)17-5-7-18(8-6-17)26(35)39-27(36)28(30,31)32/h1-8,10,12-13,21-22,33-34H,9,11,14-16H2/t21-,22+/m0/s1. The molecule has 0 saturated heterocycles. The molecule has 0 bridgehead atoms. The average Bonchev–Trinajstić information content (AvgIpc) is 2.92. The highest BCUT2D eigenvalue weighted by Gasteiger charge is 2.42. The van der Waals surface area contributed by atoms with E-state index in [0.717, 1.165) is 24.0 Å². The first kappa shape index (κ1) is 28.1. The van der Waals surface area contributed by atoms with Gasteiger partial charge < -0.3 is 24.6 Å². The largest absolute Gasteiger partial charge is 0.491 e. The van der Waals surface area contributed by atoms with Crippen molar-refractivity contribution in [3.05, 3.63) is 83.7 Å². The normalized spacial score (nSPS) is 15.6. The van der Waals surface area contributed by atoms with Gasteiger partial charge in [-0.2, -0.15) is 13.2 Å². The number of alkyl halides is 3. The fourth-order valence-electron chi connectivity index (χ4n) is 3.99. The van der Waals surface area contributed by atoms with Crippen molar-refractivity contribution in [2.45, 2.75) is 31.2 Å². The molecule has 0 radical (unpaired) electrons. The number of hydrogen-bond donors (Lipinski definition) is 2. The van der Waals surface area contributed by atoms with Gasteiger partial charge in [0.15, 0.2) is 11.6 Å². The Bertz CT molecular complexity index is 1310. The second-order valence-corrected chi connectivity index (χ2v) is 8.91. The Hall–Kier alpha value is -3.96. The number of esters is 2. The lowest BCUT2D eigenvalue weighted by molar-refractivity contribution is -0.193. The zero-order valence-electron chi connectivity index (χ0n) is 20.5. The average molecular weight is 548 g/mol. The maximum absolute atomic E-state index is 13.6. The number of para-hydroxylation sites is 1. The molecule has 3 aromatic carbocycles. The summed E-state index contributed by atoms with van der Waals surface area (Å²) in [5.41, 5.74) is 2.32. The third-order valence-electron chi connectivity index (χ3n) is 5.98. The molecule has 0 amide bonds. The fraction of sp³-hybridized carbons (Fsp3) is 0.286. The minimum Gasteiger partial charge on any atom is -0.489 e. The van der Waals surface area contributed by atoms with Crippen LogP contribution in [0, 0.1) is 5.82 Å². The first-order valence-electron chi connectivity index (χ1n) is 12.1. The van der Waals surface area contributed by atoms with Crippen molar-refractivity contribution in [1.29, 1.82) is 0 Å². The summed E-state index contributed by atoms with van der Waals surface area (Å²) in [6, 6.07) is 17.2. The summed E-state index contributed by atoms with van der Waals surface area (Å²) in [6.07, 6.45) is -4.74. The van der Waals surface area contributed by atoms with E-state index in [1.165, 1.54) is 24.3 Å². The van der Waals surface area contributed by atoms with Gasteiger partial charge in [-0.15, -0.1) is 0 Å². The van der Waals surface area contributed by atoms with Crippen molar-refractivity contribution in [3.8, 4) is 22.6 Å². The molecule has 2 atom stereocenters. The van der Waals surface area contributed by atoms with Crippen molar-refractivity contribution < 1.29 is 46.5 Å². The van der Waals surface area contributed by atoms with Crippen molar-refractivity contribution in [2.75, 3.05) is 19.7 Å². The molecular formula is C28H25F4NO6. The van der Waals surface area contributed by atoms with E-state index in [9.17, 15) is 32.3 Å². The second kappa shape index (κ2) is 12.3. The number of carbonyl (C=O) groups excluding carboxylic acids is 2. The number of hydrogen-bond acceptors (Lipinski definition) is 7. The molecule has 39 heavy (non-hydrogen) atoms. The molecule has 0 aromatic heterocycles. The monoisotopic (exact) mass is 547 g/mol. The number of fused-ring (bicyclic) bond motifs is 1. The van der Waals surface area contributed by atoms with Crippen LogP contribution in [0.25, 0.3) is 11.1 Å². The van der Waals surface area contributed by atoms with E-state index in [-0.39, 0.29) is 30.6 Å². The van der Waals surface area contributed by atoms with E-state index in [1.807, 2.05) is 18.2 Å². The van der Waals surface area contributed by atoms with Crippen LogP contribution in [0.1, 0.15) is 22.3 Å². The molecule has 1 aliphatic rings. The van der Waals surface area contributed by atoms with Crippen LogP contribution in [0.3, 0.4) is 0 Å². The number of halogens is 4. The summed E-state index contributed by atoms with van der Waals surface area (Å²) in [5, 5.41) is 13.2. The molecule has 3 aromatic rings. The number of aliphatic hydroxyl groups excluding tert-OH is 1. The Morgan fingerprint density at radius 1 is 1.05 bits per heavy atom. The van der Waals surface area contributed by atoms with Crippen molar-refractivity contribution in [3.63, 3.8) is 0 Å². The van der Waals surface area contributed by atoms with Crippen LogP contribution in [-0.2, 0) is 16.0 Å². The quantitative estimate of drug-likeness (QED) is 0.232. The summed E-state index contributed by atoms with van der Waals surface area (Å²) in [4.78, 5) is 22.6. The van der Waals surface area contributed by atoms with Gasteiger partial charge in [0.25, 0.3) is 0 Å². The predicted octanol–water partition coefficient (Wildman–Crippen LogP) is 4.46. The molecule has 0 aliphatic carbocycles. The number of carbonyl (C=O) groups is 2. The second-order valence-electron chi connectivity index (χ2n) is 8.91. The van der Waals surface area contributed by atoms with Gasteiger partial charge in [0.05, 0.1) is 5.56 Å². The van der Waals surface area contributed by atoms with Gasteiger partial charge in [0.1, 0.15) is 24.6 Å². The lowest BCUT2D eigenvalue weighted by Gasteiger charge is -2.27. The van der Waals surface area contributed by atoms with E-state index in [0.29, 0.717) is 17.9 Å². The Kier molecular flexibility index (Phi) is 8.82. The van der Waals surface area contributed by atoms with Crippen LogP contribution in [0.5, 0.6) is 11.5 Å². The number of ether oxygens (including phenoxy) is 3. The van der Waals surface area contributed by atoms with Gasteiger partial charge in [0, 0.05) is 13.1 Å². The highest BCUT2D eigenvalue weighted by Crippen LogP contribution is 2.32. The van der Waals surface area contributed by atoms with E-state index in [4.69, 9.17) is 9.47 Å². The molecule has 4 rings (SSSR count). The molecule has 0 saturated carbocycles. The Morgan fingerprint density at radius 2 is 1.77 bits per heavy atom. The molecule has 2 N–H and O–H groups in total. The van der Waals surface area contributed by atoms with E-state index >= 15 is 0 Å². The molecule has 7 nitrogen and oxygen atoms in total. The maximum atomic E-state index is 13.6. The van der Waals surface area contributed by atoms with Crippen molar-refractivity contribution in [1.82, 2.24) is 5.32 Å². The smallest absolute Gasteiger partial charge is 0.489 e. The topological polar surface area (TPSA) is 94.1 Å². The minimum atomic E-state index is -5.25. The van der Waals surface area contributed by atoms with Gasteiger partial charge in [0.2, 0.25) is 0 Å². The van der Waals surface area contributed by atoms with Crippen molar-refractivity contribution in [2.24, 2.45) is 0 Å². The van der Waals surface area contributed by atoms with Crippen LogP contribution in [0.15, 0.2) is 66.7 Å². The van der Waals surface area contributed by atoms with Gasteiger partial charge in [-0.1, -0.05) is 30.3 Å². The zero-order chi connectivity index (χ0) is 28.0. The Balaban J connectivity index is 1.26. The van der Waals surface area contributed by atoms with Crippen LogP contribution in [-0.4, -0.2) is 55.1 Å². The minimum absolute atomic E-state index is 0.0566.